The number of nitrogens with zero attached hydrogens (tertiary/aromatic N) is 5. The summed E-state index contributed by atoms with van der Waals surface area (Å²) < 4.78 is 1.85. The predicted octanol–water partition coefficient (Wildman–Crippen LogP) is 0.455. The Morgan fingerprint density at radius 3 is 2.74 bits per heavy atom. The van der Waals surface area contributed by atoms with Crippen LogP contribution in [0, 0.1) is 0 Å². The zero-order chi connectivity index (χ0) is 13.7. The number of aromatic nitrogens is 5. The van der Waals surface area contributed by atoms with Crippen LogP contribution in [0.5, 0.6) is 0 Å². The highest BCUT2D eigenvalue weighted by Gasteiger charge is 2.05. The Kier molecular flexibility index (Phi) is 4.24. The molecule has 0 saturated heterocycles. The second kappa shape index (κ2) is 6.10. The molecule has 102 valence electrons. The SMILES string of the molecule is CCCc1nc(NN)cc(NCc2nncn2C)n1. The fourth-order valence-corrected chi connectivity index (χ4v) is 1.63. The minimum Gasteiger partial charge on any atom is -0.363 e. The highest BCUT2D eigenvalue weighted by molar-refractivity contribution is 5.46. The number of aryl methyl sites for hydroxylation is 2. The second-order valence-corrected chi connectivity index (χ2v) is 4.16. The van der Waals surface area contributed by atoms with E-state index in [0.717, 1.165) is 30.3 Å². The molecule has 2 aromatic rings. The van der Waals surface area contributed by atoms with Crippen LogP contribution in [0.3, 0.4) is 0 Å². The Labute approximate surface area is 111 Å². The summed E-state index contributed by atoms with van der Waals surface area (Å²) >= 11 is 0. The van der Waals surface area contributed by atoms with Gasteiger partial charge in [0.05, 0.1) is 6.54 Å². The third-order valence-electron chi connectivity index (χ3n) is 2.63. The van der Waals surface area contributed by atoms with Crippen molar-refractivity contribution in [2.24, 2.45) is 12.9 Å². The summed E-state index contributed by atoms with van der Waals surface area (Å²) in [7, 11) is 1.90. The molecule has 0 spiro atoms. The van der Waals surface area contributed by atoms with Crippen molar-refractivity contribution in [3.05, 3.63) is 24.0 Å². The van der Waals surface area contributed by atoms with E-state index in [1.54, 1.807) is 12.4 Å². The quantitative estimate of drug-likeness (QED) is 0.512. The molecule has 2 aromatic heterocycles. The monoisotopic (exact) mass is 262 g/mol. The van der Waals surface area contributed by atoms with E-state index in [2.05, 4.69) is 37.8 Å². The van der Waals surface area contributed by atoms with E-state index < -0.39 is 0 Å². The molecule has 0 fully saturated rings. The van der Waals surface area contributed by atoms with Gasteiger partial charge in [-0.3, -0.25) is 0 Å². The van der Waals surface area contributed by atoms with E-state index in [9.17, 15) is 0 Å². The molecule has 0 aliphatic heterocycles. The molecule has 0 aromatic carbocycles. The Hall–Kier alpha value is -2.22. The maximum Gasteiger partial charge on any atom is 0.151 e. The van der Waals surface area contributed by atoms with Crippen LogP contribution in [0.15, 0.2) is 12.4 Å². The third-order valence-corrected chi connectivity index (χ3v) is 2.63. The van der Waals surface area contributed by atoms with E-state index in [4.69, 9.17) is 5.84 Å². The van der Waals surface area contributed by atoms with Crippen molar-refractivity contribution >= 4 is 11.6 Å². The van der Waals surface area contributed by atoms with Gasteiger partial charge in [0.1, 0.15) is 23.8 Å². The van der Waals surface area contributed by atoms with Gasteiger partial charge in [-0.25, -0.2) is 15.8 Å². The largest absolute Gasteiger partial charge is 0.363 e. The average Bonchev–Trinajstić information content (AvgIpc) is 2.82. The van der Waals surface area contributed by atoms with Gasteiger partial charge < -0.3 is 15.3 Å². The van der Waals surface area contributed by atoms with Crippen molar-refractivity contribution in [3.63, 3.8) is 0 Å². The Bertz CT molecular complexity index is 535. The van der Waals surface area contributed by atoms with Gasteiger partial charge in [-0.2, -0.15) is 0 Å². The Balaban J connectivity index is 2.10. The number of hydrogen-bond acceptors (Lipinski definition) is 7. The average molecular weight is 262 g/mol. The van der Waals surface area contributed by atoms with Gasteiger partial charge in [-0.1, -0.05) is 6.92 Å². The molecule has 4 N–H and O–H groups in total. The van der Waals surface area contributed by atoms with Crippen LogP contribution in [0.2, 0.25) is 0 Å². The molecular weight excluding hydrogens is 244 g/mol. The number of nitrogen functional groups attached to an aromatic ring is 1. The molecule has 2 rings (SSSR count). The minimum absolute atomic E-state index is 0.545. The van der Waals surface area contributed by atoms with Crippen LogP contribution < -0.4 is 16.6 Å². The van der Waals surface area contributed by atoms with Crippen LogP contribution in [0.4, 0.5) is 11.6 Å². The molecule has 8 nitrogen and oxygen atoms in total. The molecule has 2 heterocycles. The summed E-state index contributed by atoms with van der Waals surface area (Å²) in [6.07, 6.45) is 3.46. The summed E-state index contributed by atoms with van der Waals surface area (Å²) in [5, 5.41) is 11.0. The van der Waals surface area contributed by atoms with Gasteiger partial charge in [-0.15, -0.1) is 10.2 Å². The number of hydrazine groups is 1. The molecule has 0 aliphatic rings. The summed E-state index contributed by atoms with van der Waals surface area (Å²) in [5.41, 5.74) is 2.55. The summed E-state index contributed by atoms with van der Waals surface area (Å²) in [6, 6.07) is 1.76. The second-order valence-electron chi connectivity index (χ2n) is 4.16. The van der Waals surface area contributed by atoms with Crippen LogP contribution >= 0.6 is 0 Å². The molecule has 8 heteroatoms. The highest BCUT2D eigenvalue weighted by Crippen LogP contribution is 2.12. The first-order chi connectivity index (χ1) is 9.22. The summed E-state index contributed by atoms with van der Waals surface area (Å²) in [6.45, 7) is 2.63. The van der Waals surface area contributed by atoms with Gasteiger partial charge in [0, 0.05) is 19.5 Å². The van der Waals surface area contributed by atoms with Gasteiger partial charge in [-0.05, 0) is 6.42 Å². The molecule has 0 atom stereocenters. The molecular formula is C11H18N8. The molecule has 0 aliphatic carbocycles. The minimum atomic E-state index is 0.545. The first-order valence-electron chi connectivity index (χ1n) is 6.14. The fourth-order valence-electron chi connectivity index (χ4n) is 1.63. The third kappa shape index (κ3) is 3.38. The fraction of sp³-hybridized carbons (Fsp3) is 0.455. The molecule has 0 bridgehead atoms. The number of anilines is 2. The van der Waals surface area contributed by atoms with Gasteiger partial charge >= 0.3 is 0 Å². The van der Waals surface area contributed by atoms with Crippen LogP contribution in [-0.4, -0.2) is 24.7 Å². The van der Waals surface area contributed by atoms with E-state index in [0.29, 0.717) is 12.4 Å². The molecule has 19 heavy (non-hydrogen) atoms. The summed E-state index contributed by atoms with van der Waals surface area (Å²) in [4.78, 5) is 8.71. The predicted molar refractivity (Wildman–Crippen MR) is 72.2 cm³/mol. The molecule has 0 amide bonds. The van der Waals surface area contributed by atoms with Crippen molar-refractivity contribution in [3.8, 4) is 0 Å². The van der Waals surface area contributed by atoms with E-state index in [1.165, 1.54) is 0 Å². The zero-order valence-corrected chi connectivity index (χ0v) is 11.1. The van der Waals surface area contributed by atoms with E-state index >= 15 is 0 Å². The smallest absolute Gasteiger partial charge is 0.151 e. The standard InChI is InChI=1S/C11H18N8/c1-3-4-8-15-9(5-10(16-8)17-12)13-6-11-18-14-7-19(11)2/h5,7H,3-4,6,12H2,1-2H3,(H2,13,15,16,17). The lowest BCUT2D eigenvalue weighted by Crippen LogP contribution is -2.13. The Morgan fingerprint density at radius 2 is 2.11 bits per heavy atom. The van der Waals surface area contributed by atoms with E-state index in [1.807, 2.05) is 11.6 Å². The maximum atomic E-state index is 5.40. The van der Waals surface area contributed by atoms with Crippen molar-refractivity contribution in [2.75, 3.05) is 10.7 Å². The van der Waals surface area contributed by atoms with E-state index in [-0.39, 0.29) is 0 Å². The molecule has 0 unspecified atom stereocenters. The van der Waals surface area contributed by atoms with Gasteiger partial charge in [0.15, 0.2) is 5.82 Å². The van der Waals surface area contributed by atoms with Crippen molar-refractivity contribution in [2.45, 2.75) is 26.3 Å². The maximum absolute atomic E-state index is 5.40. The first kappa shape index (κ1) is 13.2. The number of hydrogen-bond donors (Lipinski definition) is 3. The van der Waals surface area contributed by atoms with Crippen molar-refractivity contribution in [1.29, 1.82) is 0 Å². The van der Waals surface area contributed by atoms with Crippen molar-refractivity contribution in [1.82, 2.24) is 24.7 Å². The Morgan fingerprint density at radius 1 is 1.32 bits per heavy atom. The van der Waals surface area contributed by atoms with Gasteiger partial charge in [0.25, 0.3) is 0 Å². The van der Waals surface area contributed by atoms with Gasteiger partial charge in [0.2, 0.25) is 0 Å². The lowest BCUT2D eigenvalue weighted by molar-refractivity contribution is 0.802. The molecule has 0 saturated carbocycles. The lowest BCUT2D eigenvalue weighted by Gasteiger charge is -2.09. The number of nitrogens with one attached hydrogen (secondary N) is 2. The van der Waals surface area contributed by atoms with Crippen LogP contribution in [0.1, 0.15) is 25.0 Å². The zero-order valence-electron chi connectivity index (χ0n) is 11.1. The first-order valence-corrected chi connectivity index (χ1v) is 6.14. The number of nitrogens with two attached hydrogens (primary N) is 1. The van der Waals surface area contributed by atoms with Crippen LogP contribution in [0.25, 0.3) is 0 Å². The van der Waals surface area contributed by atoms with Crippen molar-refractivity contribution < 1.29 is 0 Å². The topological polar surface area (TPSA) is 107 Å². The molecule has 0 radical (unpaired) electrons. The van der Waals surface area contributed by atoms with Crippen LogP contribution in [-0.2, 0) is 20.0 Å². The lowest BCUT2D eigenvalue weighted by atomic mass is 10.3. The highest BCUT2D eigenvalue weighted by atomic mass is 15.3. The normalized spacial score (nSPS) is 10.5. The summed E-state index contributed by atoms with van der Waals surface area (Å²) in [5.74, 6) is 8.31. The number of rotatable bonds is 6.